The van der Waals surface area contributed by atoms with Crippen molar-refractivity contribution in [3.63, 3.8) is 0 Å². The number of carbonyl (C=O) groups is 1. The summed E-state index contributed by atoms with van der Waals surface area (Å²) in [6, 6.07) is 7.55. The molecule has 0 saturated carbocycles. The molecule has 1 atom stereocenters. The van der Waals surface area contributed by atoms with Gasteiger partial charge in [-0.15, -0.1) is 0 Å². The molecule has 0 heterocycles. The minimum Gasteiger partial charge on any atom is -0.409 e. The molecule has 1 rings (SSSR count). The fourth-order valence-electron chi connectivity index (χ4n) is 1.30. The van der Waals surface area contributed by atoms with Gasteiger partial charge in [0.15, 0.2) is 5.84 Å². The second-order valence-electron chi connectivity index (χ2n) is 3.79. The lowest BCUT2D eigenvalue weighted by molar-refractivity contribution is -0.117. The van der Waals surface area contributed by atoms with Crippen LogP contribution in [-0.2, 0) is 11.2 Å². The van der Waals surface area contributed by atoms with Gasteiger partial charge in [0.1, 0.15) is 0 Å². The van der Waals surface area contributed by atoms with Gasteiger partial charge in [0.2, 0.25) is 5.91 Å². The van der Waals surface area contributed by atoms with Crippen LogP contribution >= 0.6 is 0 Å². The van der Waals surface area contributed by atoms with Crippen LogP contribution in [0.3, 0.4) is 0 Å². The molecule has 0 radical (unpaired) electrons. The molecule has 0 aromatic heterocycles. The number of rotatable bonds is 4. The zero-order chi connectivity index (χ0) is 12.8. The first-order valence-corrected chi connectivity index (χ1v) is 5.45. The molecule has 5 heteroatoms. The van der Waals surface area contributed by atoms with Crippen molar-refractivity contribution in [2.45, 2.75) is 20.3 Å². The third-order valence-corrected chi connectivity index (χ3v) is 2.58. The Bertz CT molecular complexity index is 412. The van der Waals surface area contributed by atoms with Crippen LogP contribution in [-0.4, -0.2) is 17.0 Å². The van der Waals surface area contributed by atoms with Crippen LogP contribution in [0.25, 0.3) is 0 Å². The summed E-state index contributed by atoms with van der Waals surface area (Å²) in [6.07, 6.45) is 0.953. The van der Waals surface area contributed by atoms with Crippen molar-refractivity contribution in [3.05, 3.63) is 29.8 Å². The van der Waals surface area contributed by atoms with E-state index >= 15 is 0 Å². The number of nitrogens with two attached hydrogens (primary N) is 1. The Hall–Kier alpha value is -2.04. The summed E-state index contributed by atoms with van der Waals surface area (Å²) in [5, 5.41) is 14.0. The van der Waals surface area contributed by atoms with E-state index in [0.717, 1.165) is 6.42 Å². The molecule has 5 nitrogen and oxygen atoms in total. The fraction of sp³-hybridized carbons (Fsp3) is 0.333. The summed E-state index contributed by atoms with van der Waals surface area (Å²) >= 11 is 0. The van der Waals surface area contributed by atoms with Crippen molar-refractivity contribution in [3.8, 4) is 0 Å². The van der Waals surface area contributed by atoms with E-state index in [4.69, 9.17) is 10.9 Å². The number of carbonyl (C=O) groups excluding carboxylic acids is 1. The predicted octanol–water partition coefficient (Wildman–Crippen LogP) is 1.57. The summed E-state index contributed by atoms with van der Waals surface area (Å²) in [5.41, 5.74) is 7.26. The van der Waals surface area contributed by atoms with Gasteiger partial charge in [-0.2, -0.15) is 0 Å². The smallest absolute Gasteiger partial charge is 0.234 e. The Morgan fingerprint density at radius 3 is 2.53 bits per heavy atom. The average Bonchev–Trinajstić information content (AvgIpc) is 2.37. The largest absolute Gasteiger partial charge is 0.409 e. The van der Waals surface area contributed by atoms with E-state index in [1.54, 1.807) is 6.92 Å². The van der Waals surface area contributed by atoms with Crippen LogP contribution in [0.15, 0.2) is 29.4 Å². The number of hydrogen-bond acceptors (Lipinski definition) is 3. The van der Waals surface area contributed by atoms with Gasteiger partial charge in [-0.25, -0.2) is 0 Å². The molecule has 1 amide bonds. The molecule has 1 aromatic rings. The number of amidine groups is 1. The molecule has 0 aliphatic carbocycles. The SMILES string of the molecule is CCc1ccc(NC(=O)C(C)/C(N)=N/O)cc1. The van der Waals surface area contributed by atoms with Crippen molar-refractivity contribution >= 4 is 17.4 Å². The maximum atomic E-state index is 11.7. The molecule has 17 heavy (non-hydrogen) atoms. The summed E-state index contributed by atoms with van der Waals surface area (Å²) in [6.45, 7) is 3.64. The molecule has 0 aliphatic rings. The van der Waals surface area contributed by atoms with Gasteiger partial charge >= 0.3 is 0 Å². The van der Waals surface area contributed by atoms with Gasteiger partial charge in [-0.05, 0) is 31.0 Å². The molecule has 0 saturated heterocycles. The molecule has 0 fully saturated rings. The number of amides is 1. The molecule has 0 bridgehead atoms. The number of aryl methyl sites for hydroxylation is 1. The van der Waals surface area contributed by atoms with Gasteiger partial charge in [0.25, 0.3) is 0 Å². The maximum Gasteiger partial charge on any atom is 0.234 e. The Morgan fingerprint density at radius 2 is 2.06 bits per heavy atom. The normalized spacial score (nSPS) is 13.2. The highest BCUT2D eigenvalue weighted by Crippen LogP contribution is 2.11. The highest BCUT2D eigenvalue weighted by atomic mass is 16.4. The molecule has 1 aromatic carbocycles. The van der Waals surface area contributed by atoms with Crippen molar-refractivity contribution in [1.82, 2.24) is 0 Å². The van der Waals surface area contributed by atoms with Gasteiger partial charge in [-0.1, -0.05) is 24.2 Å². The number of oxime groups is 1. The molecule has 0 aliphatic heterocycles. The van der Waals surface area contributed by atoms with E-state index in [0.29, 0.717) is 5.69 Å². The Labute approximate surface area is 100 Å². The zero-order valence-electron chi connectivity index (χ0n) is 9.97. The van der Waals surface area contributed by atoms with Crippen LogP contribution in [0.2, 0.25) is 0 Å². The Kier molecular flexibility index (Phi) is 4.51. The van der Waals surface area contributed by atoms with Crippen LogP contribution in [0.5, 0.6) is 0 Å². The lowest BCUT2D eigenvalue weighted by Crippen LogP contribution is -2.32. The van der Waals surface area contributed by atoms with Gasteiger partial charge < -0.3 is 16.3 Å². The molecule has 0 spiro atoms. The van der Waals surface area contributed by atoms with Crippen LogP contribution in [0, 0.1) is 5.92 Å². The van der Waals surface area contributed by atoms with E-state index in [1.165, 1.54) is 5.56 Å². The zero-order valence-corrected chi connectivity index (χ0v) is 9.97. The average molecular weight is 235 g/mol. The number of benzene rings is 1. The van der Waals surface area contributed by atoms with Crippen molar-refractivity contribution in [2.24, 2.45) is 16.8 Å². The Balaban J connectivity index is 2.67. The maximum absolute atomic E-state index is 11.7. The number of nitrogens with one attached hydrogen (secondary N) is 1. The fourth-order valence-corrected chi connectivity index (χ4v) is 1.30. The highest BCUT2D eigenvalue weighted by Gasteiger charge is 2.17. The van der Waals surface area contributed by atoms with Crippen LogP contribution < -0.4 is 11.1 Å². The van der Waals surface area contributed by atoms with Crippen molar-refractivity contribution in [1.29, 1.82) is 0 Å². The highest BCUT2D eigenvalue weighted by molar-refractivity contribution is 6.07. The van der Waals surface area contributed by atoms with E-state index in [1.807, 2.05) is 24.3 Å². The lowest BCUT2D eigenvalue weighted by Gasteiger charge is -2.10. The third kappa shape index (κ3) is 3.48. The molecule has 4 N–H and O–H groups in total. The monoisotopic (exact) mass is 235 g/mol. The second-order valence-corrected chi connectivity index (χ2v) is 3.79. The second kappa shape index (κ2) is 5.89. The summed E-state index contributed by atoms with van der Waals surface area (Å²) < 4.78 is 0. The first kappa shape index (κ1) is 13.0. The standard InChI is InChI=1S/C12H17N3O2/c1-3-9-4-6-10(7-5-9)14-12(16)8(2)11(13)15-17/h4-8,17H,3H2,1-2H3,(H2,13,15)(H,14,16). The Morgan fingerprint density at radius 1 is 1.47 bits per heavy atom. The number of anilines is 1. The van der Waals surface area contributed by atoms with E-state index < -0.39 is 5.92 Å². The molecular weight excluding hydrogens is 218 g/mol. The van der Waals surface area contributed by atoms with E-state index in [-0.39, 0.29) is 11.7 Å². The lowest BCUT2D eigenvalue weighted by atomic mass is 10.1. The predicted molar refractivity (Wildman–Crippen MR) is 67.0 cm³/mol. The topological polar surface area (TPSA) is 87.7 Å². The van der Waals surface area contributed by atoms with E-state index in [9.17, 15) is 4.79 Å². The van der Waals surface area contributed by atoms with Crippen molar-refractivity contribution < 1.29 is 10.0 Å². The van der Waals surface area contributed by atoms with Gasteiger partial charge in [0, 0.05) is 5.69 Å². The minimum atomic E-state index is -0.661. The molecule has 92 valence electrons. The van der Waals surface area contributed by atoms with E-state index in [2.05, 4.69) is 17.4 Å². The first-order chi connectivity index (χ1) is 8.08. The van der Waals surface area contributed by atoms with Gasteiger partial charge in [0.05, 0.1) is 5.92 Å². The first-order valence-electron chi connectivity index (χ1n) is 5.45. The quantitative estimate of drug-likeness (QED) is 0.320. The van der Waals surface area contributed by atoms with Crippen LogP contribution in [0.4, 0.5) is 5.69 Å². The number of hydrogen-bond donors (Lipinski definition) is 3. The molecule has 1 unspecified atom stereocenters. The summed E-state index contributed by atoms with van der Waals surface area (Å²) in [7, 11) is 0. The number of nitrogens with zero attached hydrogens (tertiary/aromatic N) is 1. The minimum absolute atomic E-state index is 0.104. The van der Waals surface area contributed by atoms with Crippen molar-refractivity contribution in [2.75, 3.05) is 5.32 Å². The third-order valence-electron chi connectivity index (χ3n) is 2.58. The van der Waals surface area contributed by atoms with Gasteiger partial charge in [-0.3, -0.25) is 4.79 Å². The molecular formula is C12H17N3O2. The summed E-state index contributed by atoms with van der Waals surface area (Å²) in [4.78, 5) is 11.7. The summed E-state index contributed by atoms with van der Waals surface area (Å²) in [5.74, 6) is -1.07. The van der Waals surface area contributed by atoms with Crippen LogP contribution in [0.1, 0.15) is 19.4 Å².